The molecular weight excluding hydrogens is 616 g/mol. The number of nitrogens with zero attached hydrogens (tertiary/aromatic N) is 5. The van der Waals surface area contributed by atoms with Gasteiger partial charge in [0.25, 0.3) is 0 Å². The lowest BCUT2D eigenvalue weighted by atomic mass is 9.92. The molecule has 0 bridgehead atoms. The Hall–Kier alpha value is -3.31. The Morgan fingerprint density at radius 3 is 2.53 bits per heavy atom. The van der Waals surface area contributed by atoms with E-state index in [4.69, 9.17) is 0 Å². The number of anilines is 2. The number of nitrogens with one attached hydrogen (secondary N) is 1. The number of halogens is 1. The molecule has 0 aromatic heterocycles. The first kappa shape index (κ1) is 35.0. The summed E-state index contributed by atoms with van der Waals surface area (Å²) in [6.45, 7) is 15.9. The summed E-state index contributed by atoms with van der Waals surface area (Å²) < 4.78 is 14.7. The van der Waals surface area contributed by atoms with Gasteiger partial charge in [0.2, 0.25) is 11.8 Å². The normalized spacial score (nSPS) is 21.1. The van der Waals surface area contributed by atoms with E-state index >= 15 is 0 Å². The highest BCUT2D eigenvalue weighted by molar-refractivity contribution is 8.01. The Balaban J connectivity index is 1.28. The van der Waals surface area contributed by atoms with Gasteiger partial charge < -0.3 is 29.8 Å². The lowest BCUT2D eigenvalue weighted by Gasteiger charge is -2.37. The lowest BCUT2D eigenvalue weighted by molar-refractivity contribution is -0.136. The number of benzene rings is 2. The molecular formula is C36H51FN6O3S. The Kier molecular flexibility index (Phi) is 11.1. The van der Waals surface area contributed by atoms with Crippen molar-refractivity contribution in [1.82, 2.24) is 19.6 Å². The van der Waals surface area contributed by atoms with Crippen LogP contribution in [0.2, 0.25) is 0 Å². The summed E-state index contributed by atoms with van der Waals surface area (Å²) >= 11 is 1.52. The Morgan fingerprint density at radius 2 is 1.83 bits per heavy atom. The van der Waals surface area contributed by atoms with Gasteiger partial charge in [0.1, 0.15) is 11.2 Å². The largest absolute Gasteiger partial charge is 0.369 e. The van der Waals surface area contributed by atoms with Crippen LogP contribution in [-0.2, 0) is 16.1 Å². The van der Waals surface area contributed by atoms with Gasteiger partial charge in [-0.2, -0.15) is 0 Å². The van der Waals surface area contributed by atoms with Crippen molar-refractivity contribution in [2.24, 2.45) is 5.41 Å². The van der Waals surface area contributed by atoms with Crippen molar-refractivity contribution in [1.29, 1.82) is 0 Å². The second kappa shape index (κ2) is 14.8. The number of carbonyl (C=O) groups is 3. The maximum atomic E-state index is 14.7. The van der Waals surface area contributed by atoms with E-state index in [1.165, 1.54) is 17.8 Å². The van der Waals surface area contributed by atoms with E-state index in [-0.39, 0.29) is 46.9 Å². The van der Waals surface area contributed by atoms with E-state index in [0.717, 1.165) is 55.1 Å². The monoisotopic (exact) mass is 666 g/mol. The third kappa shape index (κ3) is 8.41. The maximum absolute atomic E-state index is 14.7. The lowest BCUT2D eigenvalue weighted by Crippen LogP contribution is -2.45. The first-order valence-corrected chi connectivity index (χ1v) is 17.9. The Labute approximate surface area is 283 Å². The molecule has 2 aromatic rings. The average Bonchev–Trinajstić information content (AvgIpc) is 3.33. The van der Waals surface area contributed by atoms with E-state index in [1.54, 1.807) is 11.0 Å². The standard InChI is InChI=1S/C36H51FN6O3S/c1-7-40(16-14-25(2)43-24-26-10-8-9-11-29(26)38-35(43)46)32(44)23-31-33(45)42(17-15-36(3,4)5)34(47-31)28-13-12-27(37)22-30(28)41-20-18-39(6)19-21-41/h8-13,22,25,31,34H,7,14-21,23-24H2,1-6H3,(H,38,46). The van der Waals surface area contributed by atoms with E-state index in [1.807, 2.05) is 54.0 Å². The highest BCUT2D eigenvalue weighted by atomic mass is 32.2. The van der Waals surface area contributed by atoms with Crippen molar-refractivity contribution >= 4 is 41.0 Å². The summed E-state index contributed by atoms with van der Waals surface area (Å²) in [6.07, 6.45) is 1.55. The molecule has 2 fully saturated rings. The minimum atomic E-state index is -0.520. The molecule has 3 heterocycles. The zero-order valence-electron chi connectivity index (χ0n) is 28.8. The molecule has 3 atom stereocenters. The number of hydrogen-bond donors (Lipinski definition) is 1. The number of urea groups is 1. The van der Waals surface area contributed by atoms with Crippen molar-refractivity contribution < 1.29 is 18.8 Å². The van der Waals surface area contributed by atoms with Crippen molar-refractivity contribution in [3.63, 3.8) is 0 Å². The molecule has 3 unspecified atom stereocenters. The molecule has 0 saturated carbocycles. The summed E-state index contributed by atoms with van der Waals surface area (Å²) in [5.41, 5.74) is 3.71. The van der Waals surface area contributed by atoms with Crippen molar-refractivity contribution in [2.45, 2.75) is 77.1 Å². The molecule has 11 heteroatoms. The quantitative estimate of drug-likeness (QED) is 0.316. The minimum absolute atomic E-state index is 0.0233. The van der Waals surface area contributed by atoms with Crippen LogP contribution in [0.5, 0.6) is 0 Å². The molecule has 1 N–H and O–H groups in total. The number of piperazine rings is 1. The van der Waals surface area contributed by atoms with Crippen molar-refractivity contribution in [3.8, 4) is 0 Å². The number of likely N-dealkylation sites (N-methyl/N-ethyl adjacent to an activating group) is 1. The Morgan fingerprint density at radius 1 is 1.11 bits per heavy atom. The summed E-state index contributed by atoms with van der Waals surface area (Å²) in [6, 6.07) is 12.5. The second-order valence-corrected chi connectivity index (χ2v) is 15.6. The topological polar surface area (TPSA) is 79.4 Å². The summed E-state index contributed by atoms with van der Waals surface area (Å²) in [7, 11) is 2.09. The molecule has 9 nitrogen and oxygen atoms in total. The molecule has 4 amide bonds. The number of carbonyl (C=O) groups excluding carboxylic acids is 3. The van der Waals surface area contributed by atoms with Crippen LogP contribution in [0.4, 0.5) is 20.6 Å². The highest BCUT2D eigenvalue weighted by Gasteiger charge is 2.44. The smallest absolute Gasteiger partial charge is 0.322 e. The predicted octanol–water partition coefficient (Wildman–Crippen LogP) is 6.02. The average molecular weight is 667 g/mol. The van der Waals surface area contributed by atoms with Gasteiger partial charge in [0.15, 0.2) is 0 Å². The van der Waals surface area contributed by atoms with E-state index in [9.17, 15) is 18.8 Å². The second-order valence-electron chi connectivity index (χ2n) is 14.3. The predicted molar refractivity (Wildman–Crippen MR) is 188 cm³/mol. The summed E-state index contributed by atoms with van der Waals surface area (Å²) in [4.78, 5) is 50.6. The van der Waals surface area contributed by atoms with Gasteiger partial charge in [-0.15, -0.1) is 11.8 Å². The van der Waals surface area contributed by atoms with Gasteiger partial charge in [-0.25, -0.2) is 9.18 Å². The molecule has 0 aliphatic carbocycles. The van der Waals surface area contributed by atoms with Gasteiger partial charge in [-0.05, 0) is 62.9 Å². The van der Waals surface area contributed by atoms with Crippen LogP contribution in [-0.4, -0.2) is 102 Å². The SMILES string of the molecule is CCN(CCC(C)N1Cc2ccccc2NC1=O)C(=O)CC1SC(c2ccc(F)cc2N2CCN(C)CC2)N(CCC(C)(C)C)C1=O. The molecule has 0 spiro atoms. The maximum Gasteiger partial charge on any atom is 0.322 e. The fourth-order valence-electron chi connectivity index (χ4n) is 6.52. The molecule has 2 aromatic carbocycles. The van der Waals surface area contributed by atoms with Crippen LogP contribution in [0, 0.1) is 11.2 Å². The number of amides is 4. The Bertz CT molecular complexity index is 1440. The van der Waals surface area contributed by atoms with Crippen LogP contribution >= 0.6 is 11.8 Å². The van der Waals surface area contributed by atoms with Crippen LogP contribution in [0.3, 0.4) is 0 Å². The number of hydrogen-bond acceptors (Lipinski definition) is 6. The first-order valence-electron chi connectivity index (χ1n) is 17.0. The molecule has 0 radical (unpaired) electrons. The van der Waals surface area contributed by atoms with E-state index in [0.29, 0.717) is 32.6 Å². The van der Waals surface area contributed by atoms with Gasteiger partial charge in [0, 0.05) is 81.8 Å². The van der Waals surface area contributed by atoms with Gasteiger partial charge >= 0.3 is 6.03 Å². The van der Waals surface area contributed by atoms with Gasteiger partial charge in [-0.3, -0.25) is 9.59 Å². The molecule has 256 valence electrons. The summed E-state index contributed by atoms with van der Waals surface area (Å²) in [5, 5.41) is 2.16. The summed E-state index contributed by atoms with van der Waals surface area (Å²) in [5.74, 6) is -0.378. The number of para-hydroxylation sites is 1. The van der Waals surface area contributed by atoms with Crippen LogP contribution in [0.25, 0.3) is 0 Å². The highest BCUT2D eigenvalue weighted by Crippen LogP contribution is 2.48. The molecule has 3 aliphatic heterocycles. The van der Waals surface area contributed by atoms with Crippen LogP contribution in [0.15, 0.2) is 42.5 Å². The number of thioether (sulfide) groups is 1. The molecule has 3 aliphatic rings. The zero-order chi connectivity index (χ0) is 33.9. The first-order chi connectivity index (χ1) is 22.3. The van der Waals surface area contributed by atoms with Crippen molar-refractivity contribution in [3.05, 3.63) is 59.4 Å². The van der Waals surface area contributed by atoms with Gasteiger partial charge in [0.05, 0.1) is 5.25 Å². The van der Waals surface area contributed by atoms with Crippen LogP contribution < -0.4 is 10.2 Å². The van der Waals surface area contributed by atoms with E-state index in [2.05, 4.69) is 42.9 Å². The number of fused-ring (bicyclic) bond motifs is 1. The van der Waals surface area contributed by atoms with Gasteiger partial charge in [-0.1, -0.05) is 45.0 Å². The molecule has 47 heavy (non-hydrogen) atoms. The van der Waals surface area contributed by atoms with Crippen LogP contribution in [0.1, 0.15) is 70.4 Å². The fraction of sp³-hybridized carbons (Fsp3) is 0.583. The third-order valence-electron chi connectivity index (χ3n) is 9.64. The molecule has 5 rings (SSSR count). The molecule has 2 saturated heterocycles. The number of rotatable bonds is 11. The zero-order valence-corrected chi connectivity index (χ0v) is 29.6. The minimum Gasteiger partial charge on any atom is -0.369 e. The third-order valence-corrected chi connectivity index (χ3v) is 11.1. The fourth-order valence-corrected chi connectivity index (χ4v) is 8.02. The van der Waals surface area contributed by atoms with E-state index < -0.39 is 5.25 Å². The van der Waals surface area contributed by atoms with Crippen molar-refractivity contribution in [2.75, 3.05) is 63.1 Å².